The third-order valence-electron chi connectivity index (χ3n) is 3.18. The van der Waals surface area contributed by atoms with E-state index in [-0.39, 0.29) is 0 Å². The van der Waals surface area contributed by atoms with Crippen LogP contribution in [0, 0.1) is 0 Å². The molecule has 0 fully saturated rings. The second kappa shape index (κ2) is 7.70. The summed E-state index contributed by atoms with van der Waals surface area (Å²) in [5.41, 5.74) is 2.33. The molecule has 0 aliphatic heterocycles. The van der Waals surface area contributed by atoms with E-state index < -0.39 is 0 Å². The van der Waals surface area contributed by atoms with Gasteiger partial charge in [0.2, 0.25) is 0 Å². The lowest BCUT2D eigenvalue weighted by Gasteiger charge is -2.11. The van der Waals surface area contributed by atoms with E-state index in [0.29, 0.717) is 5.33 Å². The summed E-state index contributed by atoms with van der Waals surface area (Å²) in [5, 5.41) is 1.40. The first kappa shape index (κ1) is 15.4. The molecule has 0 unspecified atom stereocenters. The lowest BCUT2D eigenvalue weighted by atomic mass is 10.1. The van der Waals surface area contributed by atoms with Crippen LogP contribution in [0.15, 0.2) is 42.5 Å². The van der Waals surface area contributed by atoms with Crippen LogP contribution in [0.3, 0.4) is 0 Å². The molecule has 0 amide bonds. The Balaban J connectivity index is 2.12. The van der Waals surface area contributed by atoms with Gasteiger partial charge in [-0.2, -0.15) is 0 Å². The van der Waals surface area contributed by atoms with Crippen molar-refractivity contribution >= 4 is 27.5 Å². The SMILES string of the molecule is CCCCc1ccc(Oc2cccc(Cl)c2CBr)cc1. The maximum atomic E-state index is 6.17. The van der Waals surface area contributed by atoms with Crippen LogP contribution in [0.1, 0.15) is 30.9 Å². The Hall–Kier alpha value is -0.990. The number of alkyl halides is 1. The van der Waals surface area contributed by atoms with Gasteiger partial charge in [-0.05, 0) is 42.7 Å². The van der Waals surface area contributed by atoms with Gasteiger partial charge in [0.1, 0.15) is 11.5 Å². The standard InChI is InChI=1S/C17H18BrClO/c1-2-3-5-13-8-10-14(11-9-13)20-17-7-4-6-16(19)15(17)12-18/h4,6-11H,2-3,5,12H2,1H3. The van der Waals surface area contributed by atoms with Gasteiger partial charge in [0, 0.05) is 15.9 Å². The van der Waals surface area contributed by atoms with E-state index >= 15 is 0 Å². The molecule has 0 heterocycles. The van der Waals surface area contributed by atoms with E-state index in [0.717, 1.165) is 28.5 Å². The van der Waals surface area contributed by atoms with E-state index in [4.69, 9.17) is 16.3 Å². The monoisotopic (exact) mass is 352 g/mol. The molecule has 0 saturated heterocycles. The molecule has 0 N–H and O–H groups in total. The fraction of sp³-hybridized carbons (Fsp3) is 0.294. The number of hydrogen-bond acceptors (Lipinski definition) is 1. The average Bonchev–Trinajstić information content (AvgIpc) is 2.47. The highest BCUT2D eigenvalue weighted by molar-refractivity contribution is 9.08. The highest BCUT2D eigenvalue weighted by atomic mass is 79.9. The minimum absolute atomic E-state index is 0.677. The second-order valence-electron chi connectivity index (χ2n) is 4.70. The summed E-state index contributed by atoms with van der Waals surface area (Å²) >= 11 is 9.62. The van der Waals surface area contributed by atoms with Gasteiger partial charge in [0.25, 0.3) is 0 Å². The predicted octanol–water partition coefficient (Wildman–Crippen LogP) is 6.37. The molecule has 0 bridgehead atoms. The first-order chi connectivity index (χ1) is 9.74. The number of ether oxygens (including phenoxy) is 1. The first-order valence-electron chi connectivity index (χ1n) is 6.84. The van der Waals surface area contributed by atoms with Crippen molar-refractivity contribution in [3.8, 4) is 11.5 Å². The zero-order chi connectivity index (χ0) is 14.4. The Morgan fingerprint density at radius 3 is 2.50 bits per heavy atom. The number of rotatable bonds is 6. The Bertz CT molecular complexity index is 551. The van der Waals surface area contributed by atoms with E-state index in [1.54, 1.807) is 0 Å². The summed E-state index contributed by atoms with van der Waals surface area (Å²) in [5.74, 6) is 1.64. The number of benzene rings is 2. The smallest absolute Gasteiger partial charge is 0.132 e. The van der Waals surface area contributed by atoms with Crippen molar-refractivity contribution in [1.82, 2.24) is 0 Å². The molecule has 2 rings (SSSR count). The fourth-order valence-corrected chi connectivity index (χ4v) is 2.97. The van der Waals surface area contributed by atoms with Gasteiger partial charge < -0.3 is 4.74 Å². The normalized spacial score (nSPS) is 10.6. The van der Waals surface area contributed by atoms with Crippen LogP contribution in [0.25, 0.3) is 0 Å². The second-order valence-corrected chi connectivity index (χ2v) is 5.67. The zero-order valence-electron chi connectivity index (χ0n) is 11.5. The number of aryl methyl sites for hydroxylation is 1. The molecule has 0 aliphatic rings. The van der Waals surface area contributed by atoms with Crippen LogP contribution in [0.4, 0.5) is 0 Å². The van der Waals surface area contributed by atoms with Gasteiger partial charge in [-0.15, -0.1) is 0 Å². The predicted molar refractivity (Wildman–Crippen MR) is 89.2 cm³/mol. The molecule has 0 radical (unpaired) electrons. The molecule has 0 aliphatic carbocycles. The van der Waals surface area contributed by atoms with Crippen molar-refractivity contribution in [1.29, 1.82) is 0 Å². The summed E-state index contributed by atoms with van der Waals surface area (Å²) in [6.45, 7) is 2.21. The summed E-state index contributed by atoms with van der Waals surface area (Å²) < 4.78 is 5.93. The molecular weight excluding hydrogens is 336 g/mol. The van der Waals surface area contributed by atoms with E-state index in [1.807, 2.05) is 30.3 Å². The molecule has 2 aromatic rings. The van der Waals surface area contributed by atoms with E-state index in [2.05, 4.69) is 35.0 Å². The maximum absolute atomic E-state index is 6.17. The van der Waals surface area contributed by atoms with Gasteiger partial charge in [-0.25, -0.2) is 0 Å². The minimum Gasteiger partial charge on any atom is -0.457 e. The lowest BCUT2D eigenvalue weighted by Crippen LogP contribution is -1.91. The van der Waals surface area contributed by atoms with Gasteiger partial charge in [0.15, 0.2) is 0 Å². The minimum atomic E-state index is 0.677. The van der Waals surface area contributed by atoms with Crippen LogP contribution >= 0.6 is 27.5 Å². The highest BCUT2D eigenvalue weighted by Crippen LogP contribution is 2.32. The van der Waals surface area contributed by atoms with Crippen molar-refractivity contribution in [2.24, 2.45) is 0 Å². The summed E-state index contributed by atoms with van der Waals surface area (Å²) in [7, 11) is 0. The van der Waals surface area contributed by atoms with Crippen LogP contribution in [0.2, 0.25) is 5.02 Å². The highest BCUT2D eigenvalue weighted by Gasteiger charge is 2.07. The average molecular weight is 354 g/mol. The van der Waals surface area contributed by atoms with E-state index in [9.17, 15) is 0 Å². The summed E-state index contributed by atoms with van der Waals surface area (Å²) in [6.07, 6.45) is 3.57. The van der Waals surface area contributed by atoms with Gasteiger partial charge in [-0.1, -0.05) is 59.1 Å². The van der Waals surface area contributed by atoms with Gasteiger partial charge in [-0.3, -0.25) is 0 Å². The fourth-order valence-electron chi connectivity index (χ4n) is 2.00. The van der Waals surface area contributed by atoms with Crippen molar-refractivity contribution in [2.45, 2.75) is 31.5 Å². The van der Waals surface area contributed by atoms with Crippen molar-refractivity contribution < 1.29 is 4.74 Å². The van der Waals surface area contributed by atoms with Crippen LogP contribution < -0.4 is 4.74 Å². The number of unbranched alkanes of at least 4 members (excludes halogenated alkanes) is 1. The molecule has 2 aromatic carbocycles. The Labute approximate surface area is 134 Å². The Morgan fingerprint density at radius 1 is 1.10 bits per heavy atom. The third-order valence-corrected chi connectivity index (χ3v) is 4.09. The van der Waals surface area contributed by atoms with Crippen LogP contribution in [-0.2, 0) is 11.8 Å². The molecular formula is C17H18BrClO. The Morgan fingerprint density at radius 2 is 1.85 bits per heavy atom. The molecule has 106 valence electrons. The maximum Gasteiger partial charge on any atom is 0.132 e. The molecule has 20 heavy (non-hydrogen) atoms. The van der Waals surface area contributed by atoms with Crippen LogP contribution in [-0.4, -0.2) is 0 Å². The van der Waals surface area contributed by atoms with Gasteiger partial charge >= 0.3 is 0 Å². The van der Waals surface area contributed by atoms with Crippen molar-refractivity contribution in [3.05, 3.63) is 58.6 Å². The van der Waals surface area contributed by atoms with Gasteiger partial charge in [0.05, 0.1) is 0 Å². The zero-order valence-corrected chi connectivity index (χ0v) is 13.9. The first-order valence-corrected chi connectivity index (χ1v) is 8.34. The van der Waals surface area contributed by atoms with Crippen molar-refractivity contribution in [2.75, 3.05) is 0 Å². The Kier molecular flexibility index (Phi) is 5.93. The quantitative estimate of drug-likeness (QED) is 0.548. The molecule has 0 spiro atoms. The largest absolute Gasteiger partial charge is 0.457 e. The van der Waals surface area contributed by atoms with E-state index in [1.165, 1.54) is 18.4 Å². The number of halogens is 2. The molecule has 0 atom stereocenters. The molecule has 0 aromatic heterocycles. The molecule has 3 heteroatoms. The third kappa shape index (κ3) is 4.00. The number of hydrogen-bond donors (Lipinski definition) is 0. The molecule has 0 saturated carbocycles. The summed E-state index contributed by atoms with van der Waals surface area (Å²) in [6, 6.07) is 14.0. The summed E-state index contributed by atoms with van der Waals surface area (Å²) in [4.78, 5) is 0. The molecule has 1 nitrogen and oxygen atoms in total. The van der Waals surface area contributed by atoms with Crippen LogP contribution in [0.5, 0.6) is 11.5 Å². The lowest BCUT2D eigenvalue weighted by molar-refractivity contribution is 0.478. The van der Waals surface area contributed by atoms with Crippen molar-refractivity contribution in [3.63, 3.8) is 0 Å². The topological polar surface area (TPSA) is 9.23 Å².